The van der Waals surface area contributed by atoms with Gasteiger partial charge in [-0.2, -0.15) is 0 Å². The summed E-state index contributed by atoms with van der Waals surface area (Å²) in [4.78, 5) is 10.5. The lowest BCUT2D eigenvalue weighted by Gasteiger charge is -2.11. The molecule has 0 radical (unpaired) electrons. The zero-order valence-corrected chi connectivity index (χ0v) is 29.1. The van der Waals surface area contributed by atoms with Crippen LogP contribution in [0.4, 0.5) is 0 Å². The zero-order valence-electron chi connectivity index (χ0n) is 29.1. The summed E-state index contributed by atoms with van der Waals surface area (Å²) in [6.45, 7) is 0. The molecule has 0 spiro atoms. The number of hydrogen-bond donors (Lipinski definition) is 0. The third-order valence-electron chi connectivity index (χ3n) is 10.6. The summed E-state index contributed by atoms with van der Waals surface area (Å²) >= 11 is 0. The number of para-hydroxylation sites is 2. The van der Waals surface area contributed by atoms with Crippen LogP contribution < -0.4 is 0 Å². The van der Waals surface area contributed by atoms with Gasteiger partial charge < -0.3 is 8.98 Å². The molecule has 0 fully saturated rings. The minimum atomic E-state index is 0.674. The predicted octanol–water partition coefficient (Wildman–Crippen LogP) is 13.3. The van der Waals surface area contributed by atoms with Crippen LogP contribution in [-0.2, 0) is 0 Å². The molecule has 11 aromatic rings. The minimum Gasteiger partial charge on any atom is -0.455 e. The molecule has 0 amide bonds. The van der Waals surface area contributed by atoms with Crippen LogP contribution in [0.15, 0.2) is 192 Å². The molecule has 11 rings (SSSR count). The SMILES string of the molecule is c1ccc(-c2ccc3c(c2)c2cc(-c4cccc(-c5nc(-c6ccccc6)c6c(ccc7c8ccccc8oc76)n5)c4)ccc2n3-c2ccccc2)cc1. The van der Waals surface area contributed by atoms with E-state index in [1.807, 2.05) is 24.3 Å². The van der Waals surface area contributed by atoms with Crippen molar-refractivity contribution in [1.82, 2.24) is 14.5 Å². The van der Waals surface area contributed by atoms with Crippen molar-refractivity contribution in [2.24, 2.45) is 0 Å². The molecule has 0 aliphatic rings. The maximum Gasteiger partial charge on any atom is 0.160 e. The maximum absolute atomic E-state index is 6.50. The monoisotopic (exact) mass is 689 g/mol. The van der Waals surface area contributed by atoms with Crippen molar-refractivity contribution >= 4 is 54.6 Å². The van der Waals surface area contributed by atoms with Crippen molar-refractivity contribution in [3.63, 3.8) is 0 Å². The van der Waals surface area contributed by atoms with E-state index in [2.05, 4.69) is 168 Å². The molecule has 0 aliphatic heterocycles. The van der Waals surface area contributed by atoms with Gasteiger partial charge in [0.2, 0.25) is 0 Å². The number of rotatable bonds is 5. The molecular formula is C50H31N3O. The van der Waals surface area contributed by atoms with E-state index in [0.29, 0.717) is 5.82 Å². The summed E-state index contributed by atoms with van der Waals surface area (Å²) < 4.78 is 8.86. The fourth-order valence-electron chi connectivity index (χ4n) is 8.04. The van der Waals surface area contributed by atoms with E-state index in [4.69, 9.17) is 14.4 Å². The Hall–Kier alpha value is -7.30. The second kappa shape index (κ2) is 12.1. The Balaban J connectivity index is 1.09. The maximum atomic E-state index is 6.50. The van der Waals surface area contributed by atoms with Gasteiger partial charge in [0, 0.05) is 38.4 Å². The Morgan fingerprint density at radius 3 is 1.72 bits per heavy atom. The third kappa shape index (κ3) is 4.85. The van der Waals surface area contributed by atoms with E-state index in [1.54, 1.807) is 0 Å². The van der Waals surface area contributed by atoms with Gasteiger partial charge in [-0.25, -0.2) is 9.97 Å². The number of aromatic nitrogens is 3. The highest BCUT2D eigenvalue weighted by Crippen LogP contribution is 2.40. The molecule has 3 aromatic heterocycles. The van der Waals surface area contributed by atoms with Gasteiger partial charge in [-0.05, 0) is 82.9 Å². The standard InChI is InChI=1S/C50H31N3O/c1-4-13-32(14-5-1)35-23-27-44-41(30-35)42-31-36(24-28-45(42)53(44)38-19-8-3-9-20-38)34-17-12-18-37(29-34)50-51-43-26-25-40-39-21-10-11-22-46(39)54-49(40)47(43)48(52-50)33-15-6-2-7-16-33/h1-31H. The predicted molar refractivity (Wildman–Crippen MR) is 223 cm³/mol. The smallest absolute Gasteiger partial charge is 0.160 e. The largest absolute Gasteiger partial charge is 0.455 e. The molecule has 0 atom stereocenters. The van der Waals surface area contributed by atoms with Crippen LogP contribution in [0.5, 0.6) is 0 Å². The quantitative estimate of drug-likeness (QED) is 0.181. The lowest BCUT2D eigenvalue weighted by Crippen LogP contribution is -1.96. The summed E-state index contributed by atoms with van der Waals surface area (Å²) in [6.07, 6.45) is 0. The first-order chi connectivity index (χ1) is 26.8. The lowest BCUT2D eigenvalue weighted by atomic mass is 9.99. The third-order valence-corrected chi connectivity index (χ3v) is 10.6. The zero-order chi connectivity index (χ0) is 35.6. The minimum absolute atomic E-state index is 0.674. The molecule has 0 bridgehead atoms. The van der Waals surface area contributed by atoms with Crippen LogP contribution >= 0.6 is 0 Å². The van der Waals surface area contributed by atoms with Crippen molar-refractivity contribution in [2.45, 2.75) is 0 Å². The second-order valence-electron chi connectivity index (χ2n) is 13.8. The highest BCUT2D eigenvalue weighted by atomic mass is 16.3. The molecule has 0 saturated carbocycles. The van der Waals surface area contributed by atoms with Crippen molar-refractivity contribution in [3.8, 4) is 50.6 Å². The van der Waals surface area contributed by atoms with Gasteiger partial charge in [-0.1, -0.05) is 127 Å². The first-order valence-electron chi connectivity index (χ1n) is 18.2. The molecule has 0 unspecified atom stereocenters. The van der Waals surface area contributed by atoms with Crippen molar-refractivity contribution in [2.75, 3.05) is 0 Å². The van der Waals surface area contributed by atoms with Gasteiger partial charge in [0.25, 0.3) is 0 Å². The molecule has 0 N–H and O–H groups in total. The van der Waals surface area contributed by atoms with Crippen molar-refractivity contribution < 1.29 is 4.42 Å². The van der Waals surface area contributed by atoms with E-state index in [-0.39, 0.29) is 0 Å². The van der Waals surface area contributed by atoms with E-state index in [9.17, 15) is 0 Å². The molecule has 4 heteroatoms. The number of furan rings is 1. The molecule has 252 valence electrons. The second-order valence-corrected chi connectivity index (χ2v) is 13.8. The van der Waals surface area contributed by atoms with E-state index in [1.165, 1.54) is 32.9 Å². The summed E-state index contributed by atoms with van der Waals surface area (Å²) in [7, 11) is 0. The first kappa shape index (κ1) is 30.3. The Kier molecular flexibility index (Phi) is 6.82. The molecule has 4 nitrogen and oxygen atoms in total. The topological polar surface area (TPSA) is 43.9 Å². The van der Waals surface area contributed by atoms with E-state index >= 15 is 0 Å². The highest BCUT2D eigenvalue weighted by Gasteiger charge is 2.19. The Morgan fingerprint density at radius 1 is 0.389 bits per heavy atom. The molecule has 8 aromatic carbocycles. The molecule has 54 heavy (non-hydrogen) atoms. The lowest BCUT2D eigenvalue weighted by molar-refractivity contribution is 0.672. The molecule has 0 aliphatic carbocycles. The van der Waals surface area contributed by atoms with Crippen LogP contribution in [0.2, 0.25) is 0 Å². The van der Waals surface area contributed by atoms with Gasteiger partial charge in [0.15, 0.2) is 5.82 Å². The van der Waals surface area contributed by atoms with Crippen LogP contribution in [0.3, 0.4) is 0 Å². The van der Waals surface area contributed by atoms with Crippen LogP contribution in [0.25, 0.3) is 105 Å². The van der Waals surface area contributed by atoms with E-state index in [0.717, 1.165) is 66.5 Å². The fraction of sp³-hybridized carbons (Fsp3) is 0. The Bertz CT molecular complexity index is 3200. The fourth-order valence-corrected chi connectivity index (χ4v) is 8.04. The Labute approximate surface area is 311 Å². The summed E-state index contributed by atoms with van der Waals surface area (Å²) in [5.74, 6) is 0.674. The van der Waals surface area contributed by atoms with Gasteiger partial charge in [-0.15, -0.1) is 0 Å². The van der Waals surface area contributed by atoms with Gasteiger partial charge in [0.05, 0.1) is 27.6 Å². The number of nitrogens with zero attached hydrogens (tertiary/aromatic N) is 3. The van der Waals surface area contributed by atoms with Crippen LogP contribution in [0, 0.1) is 0 Å². The number of fused-ring (bicyclic) bond motifs is 8. The highest BCUT2D eigenvalue weighted by molar-refractivity contribution is 6.18. The van der Waals surface area contributed by atoms with Gasteiger partial charge in [0.1, 0.15) is 11.2 Å². The van der Waals surface area contributed by atoms with Crippen LogP contribution in [-0.4, -0.2) is 14.5 Å². The summed E-state index contributed by atoms with van der Waals surface area (Å²) in [6, 6.07) is 66.2. The van der Waals surface area contributed by atoms with Crippen molar-refractivity contribution in [1.29, 1.82) is 0 Å². The Morgan fingerprint density at radius 2 is 0.981 bits per heavy atom. The molecule has 3 heterocycles. The molecule has 0 saturated heterocycles. The number of benzene rings is 8. The van der Waals surface area contributed by atoms with Gasteiger partial charge >= 0.3 is 0 Å². The first-order valence-corrected chi connectivity index (χ1v) is 18.2. The summed E-state index contributed by atoms with van der Waals surface area (Å²) in [5.41, 5.74) is 13.5. The average molecular weight is 690 g/mol. The summed E-state index contributed by atoms with van der Waals surface area (Å²) in [5, 5.41) is 5.50. The average Bonchev–Trinajstić information content (AvgIpc) is 3.79. The van der Waals surface area contributed by atoms with Crippen LogP contribution in [0.1, 0.15) is 0 Å². The van der Waals surface area contributed by atoms with Gasteiger partial charge in [-0.3, -0.25) is 0 Å². The molecular weight excluding hydrogens is 659 g/mol. The van der Waals surface area contributed by atoms with Crippen molar-refractivity contribution in [3.05, 3.63) is 188 Å². The number of hydrogen-bond acceptors (Lipinski definition) is 3. The normalized spacial score (nSPS) is 11.7. The van der Waals surface area contributed by atoms with E-state index < -0.39 is 0 Å².